The van der Waals surface area contributed by atoms with Crippen molar-refractivity contribution in [3.8, 4) is 0 Å². The fourth-order valence-electron chi connectivity index (χ4n) is 3.45. The first-order chi connectivity index (χ1) is 11.5. The summed E-state index contributed by atoms with van der Waals surface area (Å²) in [5.74, 6) is 1.17. The molecule has 2 nitrogen and oxygen atoms in total. The Balaban J connectivity index is 1.73. The quantitative estimate of drug-likeness (QED) is 0.773. The van der Waals surface area contributed by atoms with Crippen molar-refractivity contribution in [3.05, 3.63) is 70.3 Å². The van der Waals surface area contributed by atoms with Crippen LogP contribution in [0.3, 0.4) is 0 Å². The first-order valence-electron chi connectivity index (χ1n) is 8.59. The van der Waals surface area contributed by atoms with Crippen molar-refractivity contribution in [1.29, 1.82) is 0 Å². The summed E-state index contributed by atoms with van der Waals surface area (Å²) in [7, 11) is 0. The number of rotatable bonds is 2. The van der Waals surface area contributed by atoms with Crippen LogP contribution in [0, 0.1) is 20.8 Å². The predicted molar refractivity (Wildman–Crippen MR) is 103 cm³/mol. The average molecular weight is 340 g/mol. The molecule has 2 aromatic rings. The Hall–Kier alpha value is -1.74. The summed E-state index contributed by atoms with van der Waals surface area (Å²) in [6, 6.07) is 14.7. The zero-order valence-corrected chi connectivity index (χ0v) is 15.5. The molecule has 0 N–H and O–H groups in total. The van der Waals surface area contributed by atoms with E-state index in [2.05, 4.69) is 51.1 Å². The Labute approximate surface area is 149 Å². The van der Waals surface area contributed by atoms with Crippen molar-refractivity contribution < 1.29 is 4.79 Å². The van der Waals surface area contributed by atoms with E-state index in [0.717, 1.165) is 42.0 Å². The Morgan fingerprint density at radius 1 is 1.04 bits per heavy atom. The summed E-state index contributed by atoms with van der Waals surface area (Å²) in [6.07, 6.45) is 1.02. The highest BCUT2D eigenvalue weighted by atomic mass is 32.2. The minimum atomic E-state index is 0.174. The normalized spacial score (nSPS) is 18.3. The number of thioether (sulfide) groups is 1. The van der Waals surface area contributed by atoms with Crippen molar-refractivity contribution in [2.45, 2.75) is 32.4 Å². The maximum Gasteiger partial charge on any atom is 0.253 e. The molecule has 1 atom stereocenters. The maximum atomic E-state index is 12.9. The summed E-state index contributed by atoms with van der Waals surface area (Å²) in [4.78, 5) is 14.9. The van der Waals surface area contributed by atoms with Gasteiger partial charge < -0.3 is 4.90 Å². The highest BCUT2D eigenvalue weighted by molar-refractivity contribution is 7.99. The molecule has 1 fully saturated rings. The van der Waals surface area contributed by atoms with Crippen molar-refractivity contribution in [2.75, 3.05) is 18.8 Å². The summed E-state index contributed by atoms with van der Waals surface area (Å²) in [6.45, 7) is 7.95. The second kappa shape index (κ2) is 7.43. The molecule has 1 unspecified atom stereocenters. The van der Waals surface area contributed by atoms with Crippen LogP contribution in [0.25, 0.3) is 0 Å². The molecule has 1 saturated heterocycles. The predicted octanol–water partition coefficient (Wildman–Crippen LogP) is 4.93. The molecule has 3 rings (SSSR count). The van der Waals surface area contributed by atoms with Gasteiger partial charge in [-0.05, 0) is 50.5 Å². The van der Waals surface area contributed by atoms with E-state index < -0.39 is 0 Å². The van der Waals surface area contributed by atoms with Crippen molar-refractivity contribution in [3.63, 3.8) is 0 Å². The minimum Gasteiger partial charge on any atom is -0.338 e. The third-order valence-corrected chi connectivity index (χ3v) is 5.94. The number of hydrogen-bond donors (Lipinski definition) is 0. The molecule has 1 heterocycles. The molecular formula is C21H25NOS. The lowest BCUT2D eigenvalue weighted by atomic mass is 10.0. The fourth-order valence-corrected chi connectivity index (χ4v) is 4.78. The lowest BCUT2D eigenvalue weighted by Crippen LogP contribution is -2.33. The van der Waals surface area contributed by atoms with Crippen LogP contribution < -0.4 is 0 Å². The fraction of sp³-hybridized carbons (Fsp3) is 0.381. The van der Waals surface area contributed by atoms with E-state index >= 15 is 0 Å². The van der Waals surface area contributed by atoms with Gasteiger partial charge in [0.15, 0.2) is 0 Å². The standard InChI is InChI=1S/C21H25NOS/c1-15-12-16(2)14-18(13-15)21(23)22-9-8-20(24-11-10-22)19-7-5-4-6-17(19)3/h4-7,12-14,20H,8-11H2,1-3H3. The molecule has 0 spiro atoms. The van der Waals surface area contributed by atoms with Gasteiger partial charge >= 0.3 is 0 Å². The average Bonchev–Trinajstić information content (AvgIpc) is 2.79. The Kier molecular flexibility index (Phi) is 5.30. The lowest BCUT2D eigenvalue weighted by Gasteiger charge is -2.21. The zero-order chi connectivity index (χ0) is 17.1. The van der Waals surface area contributed by atoms with Crippen LogP contribution >= 0.6 is 11.8 Å². The number of nitrogens with zero attached hydrogens (tertiary/aromatic N) is 1. The molecule has 0 aromatic heterocycles. The van der Waals surface area contributed by atoms with Gasteiger partial charge in [-0.15, -0.1) is 0 Å². The summed E-state index contributed by atoms with van der Waals surface area (Å²) < 4.78 is 0. The molecule has 0 radical (unpaired) electrons. The second-order valence-electron chi connectivity index (χ2n) is 6.67. The van der Waals surface area contributed by atoms with Gasteiger partial charge in [0.25, 0.3) is 5.91 Å². The van der Waals surface area contributed by atoms with Gasteiger partial charge in [-0.2, -0.15) is 11.8 Å². The topological polar surface area (TPSA) is 20.3 Å². The molecule has 0 aliphatic carbocycles. The van der Waals surface area contributed by atoms with Crippen LogP contribution in [0.4, 0.5) is 0 Å². The van der Waals surface area contributed by atoms with E-state index in [1.165, 1.54) is 11.1 Å². The largest absolute Gasteiger partial charge is 0.338 e. The van der Waals surface area contributed by atoms with E-state index in [1.807, 2.05) is 28.8 Å². The van der Waals surface area contributed by atoms with E-state index in [-0.39, 0.29) is 5.91 Å². The van der Waals surface area contributed by atoms with Gasteiger partial charge in [-0.1, -0.05) is 41.5 Å². The number of benzene rings is 2. The monoisotopic (exact) mass is 339 g/mol. The number of hydrogen-bond acceptors (Lipinski definition) is 2. The van der Waals surface area contributed by atoms with Crippen LogP contribution in [0.5, 0.6) is 0 Å². The maximum absolute atomic E-state index is 12.9. The first-order valence-corrected chi connectivity index (χ1v) is 9.64. The SMILES string of the molecule is Cc1cc(C)cc(C(=O)N2CCSC(c3ccccc3C)CC2)c1. The highest BCUT2D eigenvalue weighted by Crippen LogP contribution is 2.36. The van der Waals surface area contributed by atoms with Gasteiger partial charge in [0.05, 0.1) is 0 Å². The first kappa shape index (κ1) is 17.1. The third-order valence-electron chi connectivity index (χ3n) is 4.63. The summed E-state index contributed by atoms with van der Waals surface area (Å²) in [5.41, 5.74) is 5.90. The molecule has 3 heteroatoms. The number of amides is 1. The van der Waals surface area contributed by atoms with Crippen LogP contribution in [0.2, 0.25) is 0 Å². The van der Waals surface area contributed by atoms with Crippen LogP contribution in [-0.4, -0.2) is 29.6 Å². The van der Waals surface area contributed by atoms with E-state index in [1.54, 1.807) is 0 Å². The molecule has 0 saturated carbocycles. The number of carbonyl (C=O) groups excluding carboxylic acids is 1. The lowest BCUT2D eigenvalue weighted by molar-refractivity contribution is 0.0766. The molecule has 126 valence electrons. The second-order valence-corrected chi connectivity index (χ2v) is 7.98. The van der Waals surface area contributed by atoms with E-state index in [4.69, 9.17) is 0 Å². The van der Waals surface area contributed by atoms with Crippen LogP contribution in [-0.2, 0) is 0 Å². The third kappa shape index (κ3) is 3.84. The van der Waals surface area contributed by atoms with Crippen molar-refractivity contribution in [1.82, 2.24) is 4.90 Å². The van der Waals surface area contributed by atoms with E-state index in [0.29, 0.717) is 5.25 Å². The summed E-state index contributed by atoms with van der Waals surface area (Å²) >= 11 is 1.98. The number of carbonyl (C=O) groups is 1. The van der Waals surface area contributed by atoms with Crippen molar-refractivity contribution in [2.24, 2.45) is 0 Å². The molecule has 2 aromatic carbocycles. The van der Waals surface area contributed by atoms with Crippen LogP contribution in [0.1, 0.15) is 44.3 Å². The smallest absolute Gasteiger partial charge is 0.253 e. The van der Waals surface area contributed by atoms with Gasteiger partial charge in [-0.25, -0.2) is 0 Å². The minimum absolute atomic E-state index is 0.174. The van der Waals surface area contributed by atoms with Gasteiger partial charge in [0.1, 0.15) is 0 Å². The zero-order valence-electron chi connectivity index (χ0n) is 14.7. The molecule has 1 amide bonds. The Morgan fingerprint density at radius 2 is 1.75 bits per heavy atom. The van der Waals surface area contributed by atoms with Gasteiger partial charge in [0.2, 0.25) is 0 Å². The van der Waals surface area contributed by atoms with Crippen LogP contribution in [0.15, 0.2) is 42.5 Å². The Bertz CT molecular complexity index is 720. The van der Waals surface area contributed by atoms with Gasteiger partial charge in [-0.3, -0.25) is 4.79 Å². The number of aryl methyl sites for hydroxylation is 3. The molecule has 0 bridgehead atoms. The molecule has 1 aliphatic heterocycles. The van der Waals surface area contributed by atoms with Gasteiger partial charge in [0, 0.05) is 29.7 Å². The molecule has 24 heavy (non-hydrogen) atoms. The highest BCUT2D eigenvalue weighted by Gasteiger charge is 2.23. The molecular weight excluding hydrogens is 314 g/mol. The van der Waals surface area contributed by atoms with Crippen molar-refractivity contribution >= 4 is 17.7 Å². The molecule has 1 aliphatic rings. The summed E-state index contributed by atoms with van der Waals surface area (Å²) in [5, 5.41) is 0.489. The van der Waals surface area contributed by atoms with E-state index in [9.17, 15) is 4.79 Å². The Morgan fingerprint density at radius 3 is 2.46 bits per heavy atom.